The molecule has 150 valence electrons. The Labute approximate surface area is 170 Å². The van der Waals surface area contributed by atoms with Crippen molar-refractivity contribution in [1.82, 2.24) is 9.97 Å². The van der Waals surface area contributed by atoms with Gasteiger partial charge in [0.15, 0.2) is 0 Å². The largest absolute Gasteiger partial charge is 0.495 e. The predicted molar refractivity (Wildman–Crippen MR) is 113 cm³/mol. The van der Waals surface area contributed by atoms with Gasteiger partial charge in [-0.1, -0.05) is 6.07 Å². The van der Waals surface area contributed by atoms with Crippen LogP contribution in [0.1, 0.15) is 29.8 Å². The summed E-state index contributed by atoms with van der Waals surface area (Å²) in [5.74, 6) is 1.53. The first kappa shape index (κ1) is 20.1. The number of aryl methyl sites for hydroxylation is 1. The van der Waals surface area contributed by atoms with Gasteiger partial charge in [-0.3, -0.25) is 4.79 Å². The van der Waals surface area contributed by atoms with Crippen molar-refractivity contribution < 1.29 is 14.3 Å². The van der Waals surface area contributed by atoms with E-state index in [-0.39, 0.29) is 12.0 Å². The Kier molecular flexibility index (Phi) is 6.29. The Hall–Kier alpha value is -3.61. The number of benzene rings is 2. The summed E-state index contributed by atoms with van der Waals surface area (Å²) in [6, 6.07) is 13.0. The summed E-state index contributed by atoms with van der Waals surface area (Å²) in [6.07, 6.45) is 3.05. The maximum absolute atomic E-state index is 12.4. The molecule has 0 aliphatic heterocycles. The van der Waals surface area contributed by atoms with Crippen molar-refractivity contribution in [2.24, 2.45) is 0 Å². The number of rotatable bonds is 7. The normalized spacial score (nSPS) is 10.5. The first-order chi connectivity index (χ1) is 13.9. The van der Waals surface area contributed by atoms with Crippen molar-refractivity contribution in [3.8, 4) is 11.5 Å². The number of anilines is 3. The highest BCUT2D eigenvalue weighted by molar-refractivity contribution is 6.03. The van der Waals surface area contributed by atoms with Gasteiger partial charge in [0.05, 0.1) is 24.5 Å². The summed E-state index contributed by atoms with van der Waals surface area (Å²) in [4.78, 5) is 20.9. The van der Waals surface area contributed by atoms with Gasteiger partial charge in [-0.15, -0.1) is 0 Å². The molecule has 0 bridgehead atoms. The molecule has 0 fully saturated rings. The molecule has 0 spiro atoms. The van der Waals surface area contributed by atoms with Crippen LogP contribution in [0.5, 0.6) is 11.5 Å². The van der Waals surface area contributed by atoms with E-state index in [0.717, 1.165) is 17.0 Å². The fourth-order valence-electron chi connectivity index (χ4n) is 2.64. The molecule has 1 heterocycles. The molecule has 0 saturated heterocycles. The topological polar surface area (TPSA) is 85.4 Å². The zero-order chi connectivity index (χ0) is 20.8. The second-order valence-electron chi connectivity index (χ2n) is 6.77. The van der Waals surface area contributed by atoms with Crippen molar-refractivity contribution in [3.63, 3.8) is 0 Å². The molecule has 1 amide bonds. The van der Waals surface area contributed by atoms with Crippen molar-refractivity contribution in [3.05, 3.63) is 66.0 Å². The van der Waals surface area contributed by atoms with Crippen molar-refractivity contribution in [2.45, 2.75) is 26.9 Å². The quantitative estimate of drug-likeness (QED) is 0.612. The highest BCUT2D eigenvalue weighted by Crippen LogP contribution is 2.27. The molecule has 0 radical (unpaired) electrons. The monoisotopic (exact) mass is 392 g/mol. The first-order valence-electron chi connectivity index (χ1n) is 9.26. The summed E-state index contributed by atoms with van der Waals surface area (Å²) >= 11 is 0. The number of ether oxygens (including phenoxy) is 2. The lowest BCUT2D eigenvalue weighted by Crippen LogP contribution is -2.13. The predicted octanol–water partition coefficient (Wildman–Crippen LogP) is 4.58. The van der Waals surface area contributed by atoms with E-state index in [0.29, 0.717) is 22.9 Å². The van der Waals surface area contributed by atoms with Crippen LogP contribution in [0.3, 0.4) is 0 Å². The molecule has 29 heavy (non-hydrogen) atoms. The number of methoxy groups -OCH3 is 1. The van der Waals surface area contributed by atoms with Crippen LogP contribution >= 0.6 is 0 Å². The number of carbonyl (C=O) groups excluding carboxylic acids is 1. The van der Waals surface area contributed by atoms with E-state index < -0.39 is 0 Å². The lowest BCUT2D eigenvalue weighted by molar-refractivity contribution is 0.102. The second kappa shape index (κ2) is 9.05. The van der Waals surface area contributed by atoms with Crippen LogP contribution in [0.4, 0.5) is 17.3 Å². The Morgan fingerprint density at radius 3 is 2.34 bits per heavy atom. The van der Waals surface area contributed by atoms with E-state index in [9.17, 15) is 4.79 Å². The molecule has 0 saturated carbocycles. The van der Waals surface area contributed by atoms with E-state index >= 15 is 0 Å². The fourth-order valence-corrected chi connectivity index (χ4v) is 2.64. The SMILES string of the molecule is COc1ccc(C)cc1Nc1ncc(C(=O)Nc2ccc(OC(C)C)cc2)cn1. The Balaban J connectivity index is 1.65. The van der Waals surface area contributed by atoms with Crippen molar-refractivity contribution in [1.29, 1.82) is 0 Å². The molecule has 3 aromatic rings. The Bertz CT molecular complexity index is 970. The van der Waals surface area contributed by atoms with E-state index in [1.165, 1.54) is 12.4 Å². The Morgan fingerprint density at radius 1 is 1.03 bits per heavy atom. The van der Waals surface area contributed by atoms with Gasteiger partial charge in [0.25, 0.3) is 5.91 Å². The van der Waals surface area contributed by atoms with Gasteiger partial charge in [-0.2, -0.15) is 0 Å². The maximum Gasteiger partial charge on any atom is 0.258 e. The zero-order valence-corrected chi connectivity index (χ0v) is 16.9. The number of hydrogen-bond donors (Lipinski definition) is 2. The van der Waals surface area contributed by atoms with E-state index in [1.807, 2.05) is 51.1 Å². The van der Waals surface area contributed by atoms with Gasteiger partial charge in [0.2, 0.25) is 5.95 Å². The molecule has 2 N–H and O–H groups in total. The molecule has 7 nitrogen and oxygen atoms in total. The number of amides is 1. The minimum Gasteiger partial charge on any atom is -0.495 e. The van der Waals surface area contributed by atoms with Crippen LogP contribution in [0.15, 0.2) is 54.9 Å². The van der Waals surface area contributed by atoms with E-state index in [4.69, 9.17) is 9.47 Å². The third-order valence-corrected chi connectivity index (χ3v) is 4.00. The molecule has 3 rings (SSSR count). The van der Waals surface area contributed by atoms with Gasteiger partial charge < -0.3 is 20.1 Å². The smallest absolute Gasteiger partial charge is 0.258 e. The average Bonchev–Trinajstić information content (AvgIpc) is 2.70. The Morgan fingerprint density at radius 2 is 1.72 bits per heavy atom. The van der Waals surface area contributed by atoms with Gasteiger partial charge in [0.1, 0.15) is 11.5 Å². The lowest BCUT2D eigenvalue weighted by Gasteiger charge is -2.11. The number of nitrogens with one attached hydrogen (secondary N) is 2. The minimum absolute atomic E-state index is 0.0967. The molecule has 0 aliphatic carbocycles. The maximum atomic E-state index is 12.4. The third kappa shape index (κ3) is 5.44. The van der Waals surface area contributed by atoms with Crippen LogP contribution < -0.4 is 20.1 Å². The summed E-state index contributed by atoms with van der Waals surface area (Å²) < 4.78 is 10.9. The standard InChI is InChI=1S/C22H24N4O3/c1-14(2)29-18-8-6-17(7-9-18)25-21(27)16-12-23-22(24-13-16)26-19-11-15(3)5-10-20(19)28-4/h5-14H,1-4H3,(H,25,27)(H,23,24,26). The number of hydrogen-bond acceptors (Lipinski definition) is 6. The number of aromatic nitrogens is 2. The van der Waals surface area contributed by atoms with Crippen LogP contribution in [-0.4, -0.2) is 29.1 Å². The minimum atomic E-state index is -0.290. The van der Waals surface area contributed by atoms with Crippen LogP contribution in [0.25, 0.3) is 0 Å². The van der Waals surface area contributed by atoms with Gasteiger partial charge in [0, 0.05) is 18.1 Å². The molecule has 0 atom stereocenters. The van der Waals surface area contributed by atoms with Crippen LogP contribution in [-0.2, 0) is 0 Å². The molecular formula is C22H24N4O3. The molecule has 7 heteroatoms. The molecule has 0 unspecified atom stereocenters. The van der Waals surface area contributed by atoms with Crippen molar-refractivity contribution in [2.75, 3.05) is 17.7 Å². The van der Waals surface area contributed by atoms with Gasteiger partial charge in [-0.25, -0.2) is 9.97 Å². The first-order valence-corrected chi connectivity index (χ1v) is 9.26. The summed E-state index contributed by atoms with van der Waals surface area (Å²) in [6.45, 7) is 5.91. The van der Waals surface area contributed by atoms with E-state index in [2.05, 4.69) is 20.6 Å². The molecule has 0 aliphatic rings. The van der Waals surface area contributed by atoms with Crippen LogP contribution in [0, 0.1) is 6.92 Å². The van der Waals surface area contributed by atoms with Gasteiger partial charge in [-0.05, 0) is 62.7 Å². The molecule has 1 aromatic heterocycles. The fraction of sp³-hybridized carbons (Fsp3) is 0.227. The van der Waals surface area contributed by atoms with Crippen molar-refractivity contribution >= 4 is 23.2 Å². The third-order valence-electron chi connectivity index (χ3n) is 4.00. The van der Waals surface area contributed by atoms with E-state index in [1.54, 1.807) is 19.2 Å². The summed E-state index contributed by atoms with van der Waals surface area (Å²) in [5, 5.41) is 5.93. The molecular weight excluding hydrogens is 368 g/mol. The summed E-state index contributed by atoms with van der Waals surface area (Å²) in [5.41, 5.74) is 2.86. The van der Waals surface area contributed by atoms with Crippen LogP contribution in [0.2, 0.25) is 0 Å². The zero-order valence-electron chi connectivity index (χ0n) is 16.9. The van der Waals surface area contributed by atoms with Gasteiger partial charge >= 0.3 is 0 Å². The average molecular weight is 392 g/mol. The second-order valence-corrected chi connectivity index (χ2v) is 6.77. The highest BCUT2D eigenvalue weighted by Gasteiger charge is 2.10. The summed E-state index contributed by atoms with van der Waals surface area (Å²) in [7, 11) is 1.60. The number of nitrogens with zero attached hydrogens (tertiary/aromatic N) is 2. The molecule has 2 aromatic carbocycles. The number of carbonyl (C=O) groups is 1. The highest BCUT2D eigenvalue weighted by atomic mass is 16.5. The lowest BCUT2D eigenvalue weighted by atomic mass is 10.2.